The maximum atomic E-state index is 11.3. The Bertz CT molecular complexity index is 313. The van der Waals surface area contributed by atoms with Crippen LogP contribution in [0.2, 0.25) is 0 Å². The first-order valence-corrected chi connectivity index (χ1v) is 4.99. The first kappa shape index (κ1) is 9.80. The van der Waals surface area contributed by atoms with E-state index < -0.39 is 0 Å². The van der Waals surface area contributed by atoms with Gasteiger partial charge in [0.2, 0.25) is 0 Å². The molecule has 0 N–H and O–H groups in total. The van der Waals surface area contributed by atoms with Crippen molar-refractivity contribution < 1.29 is 0 Å². The molecular weight excluding hydrogens is 240 g/mol. The minimum absolute atomic E-state index is 0.0354. The van der Waals surface area contributed by atoms with Gasteiger partial charge in [-0.15, -0.1) is 0 Å². The summed E-state index contributed by atoms with van der Waals surface area (Å²) in [6, 6.07) is 0. The molecule has 0 atom stereocenters. The molecule has 5 heteroatoms. The highest BCUT2D eigenvalue weighted by molar-refractivity contribution is 9.10. The van der Waals surface area contributed by atoms with Gasteiger partial charge in [0.25, 0.3) is 5.56 Å². The van der Waals surface area contributed by atoms with Gasteiger partial charge in [0, 0.05) is 12.7 Å². The highest BCUT2D eigenvalue weighted by Gasteiger charge is 1.98. The van der Waals surface area contributed by atoms with Gasteiger partial charge in [-0.3, -0.25) is 9.36 Å². The van der Waals surface area contributed by atoms with Gasteiger partial charge in [-0.2, -0.15) is 12.6 Å². The van der Waals surface area contributed by atoms with Crippen LogP contribution < -0.4 is 5.56 Å². The van der Waals surface area contributed by atoms with E-state index in [0.717, 1.165) is 12.2 Å². The minimum atomic E-state index is -0.0354. The summed E-state index contributed by atoms with van der Waals surface area (Å²) in [6.07, 6.45) is 3.91. The Morgan fingerprint density at radius 1 is 1.67 bits per heavy atom. The fraction of sp³-hybridized carbons (Fsp3) is 0.429. The Morgan fingerprint density at radius 3 is 3.08 bits per heavy atom. The zero-order chi connectivity index (χ0) is 8.97. The molecule has 0 aliphatic rings. The topological polar surface area (TPSA) is 34.9 Å². The van der Waals surface area contributed by atoms with Crippen molar-refractivity contribution in [3.63, 3.8) is 0 Å². The number of hydrogen-bond donors (Lipinski definition) is 1. The van der Waals surface area contributed by atoms with Crippen LogP contribution in [0.25, 0.3) is 0 Å². The monoisotopic (exact) mass is 248 g/mol. The molecule has 0 radical (unpaired) electrons. The summed E-state index contributed by atoms with van der Waals surface area (Å²) in [6.45, 7) is 0.675. The predicted molar refractivity (Wildman–Crippen MR) is 54.7 cm³/mol. The van der Waals surface area contributed by atoms with Crippen molar-refractivity contribution in [2.45, 2.75) is 13.0 Å². The molecule has 66 valence electrons. The summed E-state index contributed by atoms with van der Waals surface area (Å²) in [7, 11) is 0. The van der Waals surface area contributed by atoms with Crippen molar-refractivity contribution in [2.24, 2.45) is 0 Å². The van der Waals surface area contributed by atoms with Gasteiger partial charge in [-0.25, -0.2) is 4.98 Å². The second-order valence-corrected chi connectivity index (χ2v) is 3.62. The van der Waals surface area contributed by atoms with E-state index >= 15 is 0 Å². The van der Waals surface area contributed by atoms with Crippen LogP contribution in [-0.4, -0.2) is 15.3 Å². The molecule has 12 heavy (non-hydrogen) atoms. The predicted octanol–water partition coefficient (Wildman–Crippen LogP) is 1.33. The molecule has 0 saturated carbocycles. The number of nitrogens with zero attached hydrogens (tertiary/aromatic N) is 2. The lowest BCUT2D eigenvalue weighted by Gasteiger charge is -2.02. The van der Waals surface area contributed by atoms with Crippen LogP contribution in [0, 0.1) is 0 Å². The second-order valence-electron chi connectivity index (χ2n) is 2.32. The Hall–Kier alpha value is -0.290. The summed E-state index contributed by atoms with van der Waals surface area (Å²) in [4.78, 5) is 15.2. The van der Waals surface area contributed by atoms with Gasteiger partial charge in [-0.1, -0.05) is 0 Å². The summed E-state index contributed by atoms with van der Waals surface area (Å²) in [5.41, 5.74) is -0.0354. The summed E-state index contributed by atoms with van der Waals surface area (Å²) in [5, 5.41) is 0. The maximum absolute atomic E-state index is 11.3. The largest absolute Gasteiger partial charge is 0.298 e. The molecule has 0 fully saturated rings. The summed E-state index contributed by atoms with van der Waals surface area (Å²) >= 11 is 7.19. The van der Waals surface area contributed by atoms with Crippen molar-refractivity contribution >= 4 is 28.6 Å². The van der Waals surface area contributed by atoms with E-state index in [1.165, 1.54) is 12.5 Å². The van der Waals surface area contributed by atoms with Crippen LogP contribution in [0.5, 0.6) is 0 Å². The van der Waals surface area contributed by atoms with Gasteiger partial charge < -0.3 is 0 Å². The number of aryl methyl sites for hydroxylation is 1. The molecule has 1 rings (SSSR count). The van der Waals surface area contributed by atoms with Crippen LogP contribution in [0.4, 0.5) is 0 Å². The van der Waals surface area contributed by atoms with Crippen molar-refractivity contribution in [1.82, 2.24) is 9.55 Å². The third-order valence-corrected chi connectivity index (χ3v) is 2.28. The van der Waals surface area contributed by atoms with E-state index in [0.29, 0.717) is 11.0 Å². The lowest BCUT2D eigenvalue weighted by Crippen LogP contribution is -2.20. The SMILES string of the molecule is O=c1c(Br)cncn1CCCS. The first-order valence-electron chi connectivity index (χ1n) is 3.56. The van der Waals surface area contributed by atoms with Crippen molar-refractivity contribution in [1.29, 1.82) is 0 Å². The molecule has 1 heterocycles. The molecule has 0 bridgehead atoms. The van der Waals surface area contributed by atoms with E-state index in [9.17, 15) is 4.79 Å². The molecule has 0 unspecified atom stereocenters. The van der Waals surface area contributed by atoms with Crippen LogP contribution in [-0.2, 0) is 6.54 Å². The number of halogens is 1. The number of hydrogen-bond acceptors (Lipinski definition) is 3. The standard InChI is InChI=1S/C7H9BrN2OS/c8-6-4-9-5-10(7(6)11)2-1-3-12/h4-5,12H,1-3H2. The lowest BCUT2D eigenvalue weighted by atomic mass is 10.4. The van der Waals surface area contributed by atoms with Crippen LogP contribution in [0.15, 0.2) is 21.8 Å². The molecular formula is C7H9BrN2OS. The van der Waals surface area contributed by atoms with E-state index in [2.05, 4.69) is 33.5 Å². The highest BCUT2D eigenvalue weighted by atomic mass is 79.9. The smallest absolute Gasteiger partial charge is 0.267 e. The van der Waals surface area contributed by atoms with E-state index in [1.54, 1.807) is 4.57 Å². The fourth-order valence-corrected chi connectivity index (χ4v) is 1.31. The minimum Gasteiger partial charge on any atom is -0.298 e. The highest BCUT2D eigenvalue weighted by Crippen LogP contribution is 1.98. The molecule has 0 aromatic carbocycles. The van der Waals surface area contributed by atoms with Crippen LogP contribution in [0.3, 0.4) is 0 Å². The Balaban J connectivity index is 2.85. The van der Waals surface area contributed by atoms with Gasteiger partial charge in [0.1, 0.15) is 4.47 Å². The zero-order valence-corrected chi connectivity index (χ0v) is 8.88. The van der Waals surface area contributed by atoms with Crippen molar-refractivity contribution in [3.8, 4) is 0 Å². The van der Waals surface area contributed by atoms with E-state index in [4.69, 9.17) is 0 Å². The fourth-order valence-electron chi connectivity index (χ4n) is 0.824. The maximum Gasteiger partial charge on any atom is 0.267 e. The van der Waals surface area contributed by atoms with Crippen molar-refractivity contribution in [3.05, 3.63) is 27.4 Å². The Kier molecular flexibility index (Phi) is 3.81. The van der Waals surface area contributed by atoms with Gasteiger partial charge in [-0.05, 0) is 28.1 Å². The van der Waals surface area contributed by atoms with Crippen LogP contribution in [0.1, 0.15) is 6.42 Å². The lowest BCUT2D eigenvalue weighted by molar-refractivity contribution is 0.642. The zero-order valence-electron chi connectivity index (χ0n) is 6.40. The quantitative estimate of drug-likeness (QED) is 0.820. The van der Waals surface area contributed by atoms with Crippen molar-refractivity contribution in [2.75, 3.05) is 5.75 Å². The Labute approximate surface area is 84.4 Å². The third kappa shape index (κ3) is 2.35. The first-order chi connectivity index (χ1) is 5.75. The van der Waals surface area contributed by atoms with E-state index in [1.807, 2.05) is 0 Å². The van der Waals surface area contributed by atoms with Gasteiger partial charge in [0.05, 0.1) is 6.33 Å². The Morgan fingerprint density at radius 2 is 2.42 bits per heavy atom. The number of aromatic nitrogens is 2. The molecule has 1 aromatic rings. The number of thiol groups is 1. The number of rotatable bonds is 3. The normalized spacial score (nSPS) is 10.2. The second kappa shape index (κ2) is 4.67. The molecule has 0 aliphatic carbocycles. The van der Waals surface area contributed by atoms with Gasteiger partial charge >= 0.3 is 0 Å². The molecule has 0 saturated heterocycles. The molecule has 0 spiro atoms. The van der Waals surface area contributed by atoms with E-state index in [-0.39, 0.29) is 5.56 Å². The molecule has 0 aliphatic heterocycles. The third-order valence-electron chi connectivity index (χ3n) is 1.42. The van der Waals surface area contributed by atoms with Gasteiger partial charge in [0.15, 0.2) is 0 Å². The molecule has 3 nitrogen and oxygen atoms in total. The van der Waals surface area contributed by atoms with Crippen LogP contribution >= 0.6 is 28.6 Å². The average Bonchev–Trinajstić information content (AvgIpc) is 2.08. The molecule has 0 amide bonds. The summed E-state index contributed by atoms with van der Waals surface area (Å²) < 4.78 is 2.07. The summed E-state index contributed by atoms with van der Waals surface area (Å²) in [5.74, 6) is 0.777. The average molecular weight is 249 g/mol. The molecule has 1 aromatic heterocycles.